The lowest BCUT2D eigenvalue weighted by Crippen LogP contribution is -2.11. The zero-order valence-corrected chi connectivity index (χ0v) is 11.3. The Bertz CT molecular complexity index is 854. The van der Waals surface area contributed by atoms with Crippen LogP contribution in [-0.2, 0) is 10.1 Å². The fraction of sp³-hybridized carbons (Fsp3) is 0. The van der Waals surface area contributed by atoms with Crippen LogP contribution in [0.1, 0.15) is 0 Å². The number of hydrogen-bond donors (Lipinski definition) is 0. The number of nitro benzene ring substituents is 1. The van der Waals surface area contributed by atoms with Gasteiger partial charge in [-0.2, -0.15) is 8.42 Å². The Morgan fingerprint density at radius 2 is 1.68 bits per heavy atom. The Labute approximate surface area is 122 Å². The molecule has 0 unspecified atom stereocenters. The standard InChI is InChI=1S/C12H6F3NO5S/c13-7-1-4-11(16(17)18)12(5-7)21-22(19,20)8-2-3-9(14)10(15)6-8/h1-6H. The molecule has 22 heavy (non-hydrogen) atoms. The van der Waals surface area contributed by atoms with Crippen molar-refractivity contribution in [2.75, 3.05) is 0 Å². The van der Waals surface area contributed by atoms with Crippen LogP contribution < -0.4 is 4.18 Å². The van der Waals surface area contributed by atoms with Gasteiger partial charge < -0.3 is 4.18 Å². The van der Waals surface area contributed by atoms with Crippen LogP contribution in [0.3, 0.4) is 0 Å². The van der Waals surface area contributed by atoms with Gasteiger partial charge in [-0.1, -0.05) is 0 Å². The van der Waals surface area contributed by atoms with E-state index in [1.807, 2.05) is 0 Å². The number of rotatable bonds is 4. The van der Waals surface area contributed by atoms with E-state index in [2.05, 4.69) is 4.18 Å². The van der Waals surface area contributed by atoms with Crippen LogP contribution >= 0.6 is 0 Å². The normalized spacial score (nSPS) is 11.2. The van der Waals surface area contributed by atoms with Crippen LogP contribution in [0.2, 0.25) is 0 Å². The van der Waals surface area contributed by atoms with Gasteiger partial charge in [-0.25, -0.2) is 13.2 Å². The van der Waals surface area contributed by atoms with E-state index >= 15 is 0 Å². The highest BCUT2D eigenvalue weighted by atomic mass is 32.2. The van der Waals surface area contributed by atoms with Gasteiger partial charge in [0.15, 0.2) is 11.6 Å². The number of halogens is 3. The summed E-state index contributed by atoms with van der Waals surface area (Å²) in [6.07, 6.45) is 0. The van der Waals surface area contributed by atoms with Gasteiger partial charge in [0.25, 0.3) is 0 Å². The summed E-state index contributed by atoms with van der Waals surface area (Å²) in [7, 11) is -4.70. The molecule has 0 aliphatic rings. The lowest BCUT2D eigenvalue weighted by atomic mass is 10.3. The molecule has 0 spiro atoms. The zero-order chi connectivity index (χ0) is 16.5. The van der Waals surface area contributed by atoms with Crippen LogP contribution in [0.5, 0.6) is 5.75 Å². The molecule has 0 aliphatic heterocycles. The van der Waals surface area contributed by atoms with Gasteiger partial charge >= 0.3 is 15.8 Å². The Morgan fingerprint density at radius 3 is 2.27 bits per heavy atom. The highest BCUT2D eigenvalue weighted by Crippen LogP contribution is 2.30. The third kappa shape index (κ3) is 3.17. The second kappa shape index (κ2) is 5.64. The molecule has 0 heterocycles. The predicted molar refractivity (Wildman–Crippen MR) is 67.2 cm³/mol. The summed E-state index contributed by atoms with van der Waals surface area (Å²) in [5.41, 5.74) is -0.799. The van der Waals surface area contributed by atoms with Crippen molar-refractivity contribution in [2.24, 2.45) is 0 Å². The van der Waals surface area contributed by atoms with Crippen molar-refractivity contribution in [3.63, 3.8) is 0 Å². The molecule has 0 saturated heterocycles. The summed E-state index contributed by atoms with van der Waals surface area (Å²) in [5.74, 6) is -4.58. The molecular formula is C12H6F3NO5S. The van der Waals surface area contributed by atoms with Crippen molar-refractivity contribution in [1.29, 1.82) is 0 Å². The van der Waals surface area contributed by atoms with Crippen LogP contribution in [0, 0.1) is 27.6 Å². The van der Waals surface area contributed by atoms with Crippen molar-refractivity contribution >= 4 is 15.8 Å². The van der Waals surface area contributed by atoms with Crippen LogP contribution in [0.4, 0.5) is 18.9 Å². The van der Waals surface area contributed by atoms with E-state index in [0.29, 0.717) is 30.3 Å². The third-order valence-electron chi connectivity index (χ3n) is 2.50. The Hall–Kier alpha value is -2.62. The van der Waals surface area contributed by atoms with Gasteiger partial charge in [0.1, 0.15) is 10.7 Å². The second-order valence-corrected chi connectivity index (χ2v) is 5.53. The minimum absolute atomic E-state index is 0.343. The molecule has 0 aromatic heterocycles. The molecule has 0 fully saturated rings. The van der Waals surface area contributed by atoms with E-state index in [0.717, 1.165) is 6.07 Å². The Morgan fingerprint density at radius 1 is 1.00 bits per heavy atom. The monoisotopic (exact) mass is 333 g/mol. The second-order valence-electron chi connectivity index (χ2n) is 3.98. The van der Waals surface area contributed by atoms with Gasteiger partial charge in [0, 0.05) is 12.1 Å². The average Bonchev–Trinajstić information content (AvgIpc) is 2.41. The number of nitro groups is 1. The first-order valence-corrected chi connectivity index (χ1v) is 6.95. The molecule has 0 aliphatic carbocycles. The maximum Gasteiger partial charge on any atom is 0.339 e. The molecule has 2 aromatic rings. The predicted octanol–water partition coefficient (Wildman–Crippen LogP) is 2.78. The van der Waals surface area contributed by atoms with E-state index in [4.69, 9.17) is 0 Å². The molecule has 0 atom stereocenters. The number of benzene rings is 2. The molecule has 0 saturated carbocycles. The summed E-state index contributed by atoms with van der Waals surface area (Å²) in [6, 6.07) is 3.55. The molecule has 0 bridgehead atoms. The van der Waals surface area contributed by atoms with Gasteiger partial charge in [0.2, 0.25) is 5.75 Å². The Balaban J connectivity index is 2.47. The molecule has 0 radical (unpaired) electrons. The van der Waals surface area contributed by atoms with Crippen LogP contribution in [0.15, 0.2) is 41.3 Å². The largest absolute Gasteiger partial charge is 0.371 e. The lowest BCUT2D eigenvalue weighted by Gasteiger charge is -2.07. The quantitative estimate of drug-likeness (QED) is 0.488. The summed E-state index contributed by atoms with van der Waals surface area (Å²) in [4.78, 5) is 9.00. The maximum atomic E-state index is 13.1. The highest BCUT2D eigenvalue weighted by Gasteiger charge is 2.24. The zero-order valence-electron chi connectivity index (χ0n) is 10.5. The molecule has 2 rings (SSSR count). The smallest absolute Gasteiger partial charge is 0.339 e. The molecule has 0 N–H and O–H groups in total. The van der Waals surface area contributed by atoms with Crippen molar-refractivity contribution < 1.29 is 30.7 Å². The summed E-state index contributed by atoms with van der Waals surface area (Å²) in [6.45, 7) is 0. The first-order valence-electron chi connectivity index (χ1n) is 5.54. The lowest BCUT2D eigenvalue weighted by molar-refractivity contribution is -0.385. The van der Waals surface area contributed by atoms with E-state index in [1.54, 1.807) is 0 Å². The first-order chi connectivity index (χ1) is 10.2. The fourth-order valence-electron chi connectivity index (χ4n) is 1.50. The molecule has 2 aromatic carbocycles. The van der Waals surface area contributed by atoms with Crippen LogP contribution in [-0.4, -0.2) is 13.3 Å². The molecule has 0 amide bonds. The van der Waals surface area contributed by atoms with Gasteiger partial charge in [0.05, 0.1) is 4.92 Å². The SMILES string of the molecule is O=[N+]([O-])c1ccc(F)cc1OS(=O)(=O)c1ccc(F)c(F)c1. The maximum absolute atomic E-state index is 13.1. The van der Waals surface area contributed by atoms with E-state index in [9.17, 15) is 31.7 Å². The number of hydrogen-bond acceptors (Lipinski definition) is 5. The van der Waals surface area contributed by atoms with Crippen molar-refractivity contribution in [1.82, 2.24) is 0 Å². The molecule has 116 valence electrons. The summed E-state index contributed by atoms with van der Waals surface area (Å²) >= 11 is 0. The Kier molecular flexibility index (Phi) is 4.04. The molecule has 6 nitrogen and oxygen atoms in total. The highest BCUT2D eigenvalue weighted by molar-refractivity contribution is 7.87. The van der Waals surface area contributed by atoms with Crippen molar-refractivity contribution in [3.8, 4) is 5.75 Å². The van der Waals surface area contributed by atoms with Crippen LogP contribution in [0.25, 0.3) is 0 Å². The first kappa shape index (κ1) is 15.8. The van der Waals surface area contributed by atoms with Crippen molar-refractivity contribution in [3.05, 3.63) is 64.0 Å². The summed E-state index contributed by atoms with van der Waals surface area (Å²) in [5, 5.41) is 10.8. The minimum Gasteiger partial charge on any atom is -0.371 e. The molecule has 10 heteroatoms. The molecular weight excluding hydrogens is 327 g/mol. The van der Waals surface area contributed by atoms with E-state index < -0.39 is 48.8 Å². The third-order valence-corrected chi connectivity index (χ3v) is 3.73. The van der Waals surface area contributed by atoms with Gasteiger partial charge in [-0.05, 0) is 24.3 Å². The van der Waals surface area contributed by atoms with Crippen molar-refractivity contribution in [2.45, 2.75) is 4.90 Å². The average molecular weight is 333 g/mol. The number of nitrogens with zero attached hydrogens (tertiary/aromatic N) is 1. The van der Waals surface area contributed by atoms with Gasteiger partial charge in [-0.3, -0.25) is 10.1 Å². The summed E-state index contributed by atoms with van der Waals surface area (Å²) < 4.78 is 67.2. The van der Waals surface area contributed by atoms with Gasteiger partial charge in [-0.15, -0.1) is 0 Å². The van der Waals surface area contributed by atoms with E-state index in [-0.39, 0.29) is 0 Å². The fourth-order valence-corrected chi connectivity index (χ4v) is 2.45. The van der Waals surface area contributed by atoms with E-state index in [1.165, 1.54) is 0 Å². The minimum atomic E-state index is -4.70. The topological polar surface area (TPSA) is 86.5 Å².